The smallest absolute Gasteiger partial charge is 0.266 e. The lowest BCUT2D eigenvalue weighted by atomic mass is 10.1. The molecule has 0 atom stereocenters. The van der Waals surface area contributed by atoms with Crippen LogP contribution in [0, 0.1) is 0 Å². The Labute approximate surface area is 166 Å². The van der Waals surface area contributed by atoms with Gasteiger partial charge in [-0.15, -0.1) is 11.3 Å². The molecule has 0 amide bonds. The van der Waals surface area contributed by atoms with Gasteiger partial charge in [0.05, 0.1) is 16.3 Å². The van der Waals surface area contributed by atoms with E-state index in [4.69, 9.17) is 16.3 Å². The predicted molar refractivity (Wildman–Crippen MR) is 109 cm³/mol. The van der Waals surface area contributed by atoms with Crippen molar-refractivity contribution in [1.29, 1.82) is 0 Å². The van der Waals surface area contributed by atoms with Gasteiger partial charge in [-0.2, -0.15) is 0 Å². The molecule has 0 unspecified atom stereocenters. The summed E-state index contributed by atoms with van der Waals surface area (Å²) in [5.41, 5.74) is 1.01. The molecule has 0 fully saturated rings. The van der Waals surface area contributed by atoms with Gasteiger partial charge in [0.2, 0.25) is 0 Å². The minimum absolute atomic E-state index is 0.203. The van der Waals surface area contributed by atoms with Crippen LogP contribution in [0.5, 0.6) is 5.75 Å². The van der Waals surface area contributed by atoms with E-state index >= 15 is 0 Å². The summed E-state index contributed by atoms with van der Waals surface area (Å²) in [6.07, 6.45) is 3.14. The summed E-state index contributed by atoms with van der Waals surface area (Å²) < 4.78 is 7.16. The Bertz CT molecular complexity index is 1130. The molecule has 132 valence electrons. The highest BCUT2D eigenvalue weighted by Crippen LogP contribution is 2.23. The summed E-state index contributed by atoms with van der Waals surface area (Å²) >= 11 is 10.4. The summed E-state index contributed by atoms with van der Waals surface area (Å²) in [5, 5.41) is 0.561. The van der Waals surface area contributed by atoms with E-state index < -0.39 is 0 Å². The number of hydrogen-bond acceptors (Lipinski definition) is 4. The Morgan fingerprint density at radius 2 is 1.96 bits per heavy atom. The number of halogens is 2. The van der Waals surface area contributed by atoms with Gasteiger partial charge >= 0.3 is 0 Å². The van der Waals surface area contributed by atoms with E-state index in [9.17, 15) is 9.59 Å². The normalized spacial score (nSPS) is 12.4. The van der Waals surface area contributed by atoms with Crippen molar-refractivity contribution in [3.8, 4) is 5.75 Å². The van der Waals surface area contributed by atoms with Crippen LogP contribution in [0.15, 0.2) is 51.7 Å². The van der Waals surface area contributed by atoms with Crippen molar-refractivity contribution < 1.29 is 9.53 Å². The first-order valence-electron chi connectivity index (χ1n) is 7.52. The van der Waals surface area contributed by atoms with Crippen LogP contribution in [-0.2, 0) is 0 Å². The van der Waals surface area contributed by atoms with Crippen molar-refractivity contribution in [2.45, 2.75) is 0 Å². The third-order valence-electron chi connectivity index (χ3n) is 3.55. The van der Waals surface area contributed by atoms with Gasteiger partial charge in [0.25, 0.3) is 5.56 Å². The average molecular weight is 451 g/mol. The molecule has 0 bridgehead atoms. The zero-order valence-corrected chi connectivity index (χ0v) is 16.7. The highest BCUT2D eigenvalue weighted by molar-refractivity contribution is 9.10. The fourth-order valence-electron chi connectivity index (χ4n) is 2.30. The first kappa shape index (κ1) is 18.6. The fourth-order valence-corrected chi connectivity index (χ4v) is 3.68. The molecule has 3 aromatic rings. The summed E-state index contributed by atoms with van der Waals surface area (Å²) in [4.78, 5) is 27.2. The summed E-state index contributed by atoms with van der Waals surface area (Å²) in [6.45, 7) is 0. The number of aromatic nitrogens is 1. The van der Waals surface area contributed by atoms with Crippen LogP contribution < -0.4 is 19.5 Å². The van der Waals surface area contributed by atoms with Gasteiger partial charge in [-0.3, -0.25) is 9.59 Å². The van der Waals surface area contributed by atoms with Crippen LogP contribution in [0.1, 0.15) is 15.9 Å². The van der Waals surface area contributed by atoms with Gasteiger partial charge in [0.15, 0.2) is 5.78 Å². The Morgan fingerprint density at radius 1 is 1.23 bits per heavy atom. The highest BCUT2D eigenvalue weighted by atomic mass is 79.9. The lowest BCUT2D eigenvalue weighted by molar-refractivity contribution is 0.106. The van der Waals surface area contributed by atoms with Crippen LogP contribution in [0.4, 0.5) is 0 Å². The van der Waals surface area contributed by atoms with Crippen LogP contribution >= 0.6 is 38.9 Å². The van der Waals surface area contributed by atoms with Gasteiger partial charge in [-0.05, 0) is 48.5 Å². The number of ketones is 1. The standard InChI is InChI=1S/C19H13BrClNO3S/c1-25-16-7-4-13(20)8-12(16)9-17-19(24)22-18(26-17)10-15(23)11-2-5-14(21)6-3-11/h2-10H,1H3,(H,22,24). The zero-order valence-electron chi connectivity index (χ0n) is 13.6. The number of nitrogens with one attached hydrogen (secondary N) is 1. The highest BCUT2D eigenvalue weighted by Gasteiger charge is 2.05. The number of ether oxygens (including phenoxy) is 1. The number of aromatic amines is 1. The Balaban J connectivity index is 2.02. The lowest BCUT2D eigenvalue weighted by Gasteiger charge is -2.04. The number of Topliss-reactive ketones (excluding diaryl/α,β-unsaturated/α-hetero) is 1. The minimum Gasteiger partial charge on any atom is -0.496 e. The number of benzene rings is 2. The zero-order chi connectivity index (χ0) is 18.7. The molecule has 1 N–H and O–H groups in total. The molecular weight excluding hydrogens is 438 g/mol. The summed E-state index contributed by atoms with van der Waals surface area (Å²) in [6, 6.07) is 12.1. The van der Waals surface area contributed by atoms with E-state index in [1.807, 2.05) is 18.2 Å². The van der Waals surface area contributed by atoms with Gasteiger partial charge in [0.1, 0.15) is 5.75 Å². The molecule has 3 rings (SSSR count). The molecule has 7 heteroatoms. The third kappa shape index (κ3) is 4.33. The van der Waals surface area contributed by atoms with Crippen molar-refractivity contribution in [3.63, 3.8) is 0 Å². The molecule has 1 heterocycles. The predicted octanol–water partition coefficient (Wildman–Crippen LogP) is 3.35. The topological polar surface area (TPSA) is 59.2 Å². The molecule has 2 aromatic carbocycles. The second-order valence-corrected chi connectivity index (χ2v) is 7.77. The largest absolute Gasteiger partial charge is 0.496 e. The average Bonchev–Trinajstić information content (AvgIpc) is 2.95. The SMILES string of the molecule is COc1ccc(Br)cc1C=c1sc(=CC(=O)c2ccc(Cl)cc2)[nH]c1=O. The second-order valence-electron chi connectivity index (χ2n) is 5.33. The molecular formula is C19H13BrClNO3S. The molecule has 0 aliphatic heterocycles. The second kappa shape index (κ2) is 8.03. The molecule has 0 aliphatic rings. The first-order valence-corrected chi connectivity index (χ1v) is 9.51. The van der Waals surface area contributed by atoms with Crippen molar-refractivity contribution in [3.05, 3.63) is 82.6 Å². The molecule has 0 saturated heterocycles. The molecule has 26 heavy (non-hydrogen) atoms. The molecule has 0 aliphatic carbocycles. The number of H-pyrrole nitrogens is 1. The van der Waals surface area contributed by atoms with Crippen molar-refractivity contribution >= 4 is 56.8 Å². The minimum atomic E-state index is -0.257. The quantitative estimate of drug-likeness (QED) is 0.620. The molecule has 0 radical (unpaired) electrons. The number of methoxy groups -OCH3 is 1. The van der Waals surface area contributed by atoms with Gasteiger partial charge < -0.3 is 9.72 Å². The fraction of sp³-hybridized carbons (Fsp3) is 0.0526. The molecule has 0 spiro atoms. The van der Waals surface area contributed by atoms with E-state index in [0.717, 1.165) is 10.0 Å². The monoisotopic (exact) mass is 449 g/mol. The van der Waals surface area contributed by atoms with Crippen LogP contribution in [0.3, 0.4) is 0 Å². The number of hydrogen-bond donors (Lipinski definition) is 1. The lowest BCUT2D eigenvalue weighted by Crippen LogP contribution is -2.20. The van der Waals surface area contributed by atoms with Crippen LogP contribution in [-0.4, -0.2) is 17.9 Å². The summed E-state index contributed by atoms with van der Waals surface area (Å²) in [7, 11) is 1.57. The van der Waals surface area contributed by atoms with Crippen LogP contribution in [0.25, 0.3) is 12.2 Å². The van der Waals surface area contributed by atoms with Crippen molar-refractivity contribution in [2.24, 2.45) is 0 Å². The van der Waals surface area contributed by atoms with E-state index in [1.165, 1.54) is 17.4 Å². The third-order valence-corrected chi connectivity index (χ3v) is 5.26. The number of carbonyl (C=O) groups is 1. The van der Waals surface area contributed by atoms with E-state index in [-0.39, 0.29) is 11.3 Å². The van der Waals surface area contributed by atoms with Crippen molar-refractivity contribution in [2.75, 3.05) is 7.11 Å². The number of rotatable bonds is 4. The van der Waals surface area contributed by atoms with Crippen LogP contribution in [0.2, 0.25) is 5.02 Å². The maximum Gasteiger partial charge on any atom is 0.266 e. The van der Waals surface area contributed by atoms with E-state index in [0.29, 0.717) is 25.5 Å². The number of carbonyl (C=O) groups excluding carboxylic acids is 1. The van der Waals surface area contributed by atoms with Crippen molar-refractivity contribution in [1.82, 2.24) is 4.98 Å². The van der Waals surface area contributed by atoms with Gasteiger partial charge in [-0.1, -0.05) is 27.5 Å². The molecule has 1 aromatic heterocycles. The van der Waals surface area contributed by atoms with Gasteiger partial charge in [0, 0.05) is 26.7 Å². The maximum atomic E-state index is 12.3. The van der Waals surface area contributed by atoms with E-state index in [2.05, 4.69) is 20.9 Å². The molecule has 4 nitrogen and oxygen atoms in total. The first-order chi connectivity index (χ1) is 12.5. The summed E-state index contributed by atoms with van der Waals surface area (Å²) in [5.74, 6) is 0.453. The Hall–Kier alpha value is -2.15. The number of thiazole rings is 1. The maximum absolute atomic E-state index is 12.3. The Kier molecular flexibility index (Phi) is 5.76. The van der Waals surface area contributed by atoms with E-state index in [1.54, 1.807) is 37.5 Å². The van der Waals surface area contributed by atoms with Gasteiger partial charge in [-0.25, -0.2) is 0 Å². The molecule has 0 saturated carbocycles. The Morgan fingerprint density at radius 3 is 2.65 bits per heavy atom.